The van der Waals surface area contributed by atoms with E-state index >= 15 is 0 Å². The van der Waals surface area contributed by atoms with Crippen LogP contribution in [0.5, 0.6) is 17.2 Å². The van der Waals surface area contributed by atoms with E-state index in [-0.39, 0.29) is 29.5 Å². The molecule has 2 aromatic carbocycles. The van der Waals surface area contributed by atoms with Gasteiger partial charge in [-0.25, -0.2) is 23.4 Å². The Morgan fingerprint density at radius 3 is 2.59 bits per heavy atom. The number of nitrogens with zero attached hydrogens (tertiary/aromatic N) is 2. The van der Waals surface area contributed by atoms with Gasteiger partial charge in [0, 0.05) is 29.8 Å². The number of anilines is 2. The van der Waals surface area contributed by atoms with Crippen LogP contribution in [-0.2, 0) is 6.54 Å². The number of pyridine rings is 2. The minimum atomic E-state index is -1.02. The van der Waals surface area contributed by atoms with Gasteiger partial charge < -0.3 is 14.8 Å². The van der Waals surface area contributed by atoms with Gasteiger partial charge in [-0.3, -0.25) is 20.0 Å². The molecule has 0 saturated carbocycles. The maximum absolute atomic E-state index is 14.7. The second-order valence-corrected chi connectivity index (χ2v) is 7.73. The lowest BCUT2D eigenvalue weighted by atomic mass is 10.2. The van der Waals surface area contributed by atoms with Gasteiger partial charge in [0.25, 0.3) is 5.56 Å². The standard InChI is InChI=1S/C25H17F2N5O5/c26-14-3-6-16(7-4-14)32-11-1-2-21(23(32)33)37-25(35)30-15-5-8-20(18(27)12-15)36-19-9-10-28-22-17(19)13-29-24(34)31-22/h1-12H,13H2,(H,30,35)(H2,28,29,31,34). The zero-order valence-electron chi connectivity index (χ0n) is 18.8. The highest BCUT2D eigenvalue weighted by Gasteiger charge is 2.20. The number of urea groups is 1. The molecule has 186 valence electrons. The third-order valence-electron chi connectivity index (χ3n) is 5.29. The van der Waals surface area contributed by atoms with E-state index < -0.39 is 29.3 Å². The fourth-order valence-electron chi connectivity index (χ4n) is 3.55. The molecule has 5 rings (SSSR count). The molecule has 0 radical (unpaired) electrons. The molecule has 0 aliphatic carbocycles. The minimum absolute atomic E-state index is 0.0512. The lowest BCUT2D eigenvalue weighted by molar-refractivity contribution is 0.214. The van der Waals surface area contributed by atoms with Crippen LogP contribution in [0.25, 0.3) is 5.69 Å². The van der Waals surface area contributed by atoms with Crippen LogP contribution < -0.4 is 31.0 Å². The number of halogens is 2. The number of benzene rings is 2. The second-order valence-electron chi connectivity index (χ2n) is 7.73. The molecular weight excluding hydrogens is 488 g/mol. The van der Waals surface area contributed by atoms with Gasteiger partial charge >= 0.3 is 12.1 Å². The topological polar surface area (TPSA) is 124 Å². The predicted molar refractivity (Wildman–Crippen MR) is 128 cm³/mol. The van der Waals surface area contributed by atoms with E-state index in [1.807, 2.05) is 0 Å². The third-order valence-corrected chi connectivity index (χ3v) is 5.29. The number of hydrogen-bond acceptors (Lipinski definition) is 6. The minimum Gasteiger partial charge on any atom is -0.454 e. The van der Waals surface area contributed by atoms with Crippen LogP contribution >= 0.6 is 0 Å². The summed E-state index contributed by atoms with van der Waals surface area (Å²) >= 11 is 0. The molecule has 3 N–H and O–H groups in total. The Hall–Kier alpha value is -5.26. The summed E-state index contributed by atoms with van der Waals surface area (Å²) in [5.41, 5.74) is 0.325. The molecule has 0 spiro atoms. The fourth-order valence-corrected chi connectivity index (χ4v) is 3.55. The first-order valence-electron chi connectivity index (χ1n) is 10.8. The van der Waals surface area contributed by atoms with E-state index in [1.165, 1.54) is 71.6 Å². The number of carbonyl (C=O) groups excluding carboxylic acids is 2. The first-order chi connectivity index (χ1) is 17.9. The molecule has 10 nitrogen and oxygen atoms in total. The van der Waals surface area contributed by atoms with Gasteiger partial charge in [0.05, 0.1) is 12.1 Å². The average molecular weight is 505 g/mol. The lowest BCUT2D eigenvalue weighted by Gasteiger charge is -2.20. The zero-order valence-corrected chi connectivity index (χ0v) is 18.8. The Labute approximate surface area is 207 Å². The van der Waals surface area contributed by atoms with Crippen molar-refractivity contribution in [3.05, 3.63) is 101 Å². The molecule has 37 heavy (non-hydrogen) atoms. The monoisotopic (exact) mass is 505 g/mol. The maximum atomic E-state index is 14.7. The molecule has 12 heteroatoms. The summed E-state index contributed by atoms with van der Waals surface area (Å²) in [5, 5.41) is 7.47. The van der Waals surface area contributed by atoms with E-state index in [4.69, 9.17) is 9.47 Å². The fraction of sp³-hybridized carbons (Fsp3) is 0.0400. The predicted octanol–water partition coefficient (Wildman–Crippen LogP) is 4.55. The first-order valence-corrected chi connectivity index (χ1v) is 10.8. The first kappa shape index (κ1) is 23.5. The van der Waals surface area contributed by atoms with Crippen LogP contribution in [0.1, 0.15) is 5.56 Å². The molecule has 1 aliphatic heterocycles. The SMILES string of the molecule is O=C1NCc2c(Oc3ccc(NC(=O)Oc4cccn(-c5ccc(F)cc5)c4=O)cc3F)ccnc2N1. The van der Waals surface area contributed by atoms with Crippen LogP contribution in [0.4, 0.5) is 29.9 Å². The van der Waals surface area contributed by atoms with Crippen LogP contribution in [-0.4, -0.2) is 21.7 Å². The van der Waals surface area contributed by atoms with Gasteiger partial charge in [-0.2, -0.15) is 0 Å². The normalized spacial score (nSPS) is 12.1. The van der Waals surface area contributed by atoms with Gasteiger partial charge in [-0.1, -0.05) is 0 Å². The Bertz CT molecular complexity index is 1570. The Kier molecular flexibility index (Phi) is 6.20. The van der Waals surface area contributed by atoms with Gasteiger partial charge in [-0.05, 0) is 54.6 Å². The maximum Gasteiger partial charge on any atom is 0.417 e. The van der Waals surface area contributed by atoms with Crippen LogP contribution in [0.2, 0.25) is 0 Å². The average Bonchev–Trinajstić information content (AvgIpc) is 2.87. The zero-order chi connectivity index (χ0) is 25.9. The van der Waals surface area contributed by atoms with E-state index in [1.54, 1.807) is 0 Å². The Morgan fingerprint density at radius 2 is 1.81 bits per heavy atom. The van der Waals surface area contributed by atoms with Gasteiger partial charge in [0.15, 0.2) is 17.3 Å². The number of ether oxygens (including phenoxy) is 2. The summed E-state index contributed by atoms with van der Waals surface area (Å²) in [5.74, 6) is -1.06. The van der Waals surface area contributed by atoms with Crippen molar-refractivity contribution < 1.29 is 27.8 Å². The third kappa shape index (κ3) is 5.07. The molecule has 0 saturated heterocycles. The summed E-state index contributed by atoms with van der Waals surface area (Å²) in [6.07, 6.45) is 1.84. The molecule has 0 atom stereocenters. The van der Waals surface area contributed by atoms with Gasteiger partial charge in [0.2, 0.25) is 0 Å². The molecule has 1 aliphatic rings. The number of carbonyl (C=O) groups is 2. The van der Waals surface area contributed by atoms with Crippen molar-refractivity contribution in [2.24, 2.45) is 0 Å². The largest absolute Gasteiger partial charge is 0.454 e. The summed E-state index contributed by atoms with van der Waals surface area (Å²) < 4.78 is 39.9. The number of hydrogen-bond donors (Lipinski definition) is 3. The Balaban J connectivity index is 1.28. The molecule has 3 heterocycles. The summed E-state index contributed by atoms with van der Waals surface area (Å²) in [4.78, 5) is 40.6. The van der Waals surface area contributed by atoms with Crippen molar-refractivity contribution >= 4 is 23.6 Å². The molecule has 4 aromatic rings. The van der Waals surface area contributed by atoms with Crippen LogP contribution in [0, 0.1) is 11.6 Å². The number of amides is 3. The lowest BCUT2D eigenvalue weighted by Crippen LogP contribution is -2.34. The van der Waals surface area contributed by atoms with E-state index in [2.05, 4.69) is 20.9 Å². The Morgan fingerprint density at radius 1 is 1.00 bits per heavy atom. The van der Waals surface area contributed by atoms with Crippen LogP contribution in [0.15, 0.2) is 77.9 Å². The van der Waals surface area contributed by atoms with Crippen molar-refractivity contribution in [3.8, 4) is 22.9 Å². The number of fused-ring (bicyclic) bond motifs is 1. The molecule has 0 fully saturated rings. The van der Waals surface area contributed by atoms with E-state index in [0.29, 0.717) is 17.1 Å². The molecule has 3 amide bonds. The number of rotatable bonds is 5. The number of aromatic nitrogens is 2. The summed E-state index contributed by atoms with van der Waals surface area (Å²) in [7, 11) is 0. The van der Waals surface area contributed by atoms with E-state index in [9.17, 15) is 23.2 Å². The van der Waals surface area contributed by atoms with Crippen LogP contribution in [0.3, 0.4) is 0 Å². The van der Waals surface area contributed by atoms with Gasteiger partial charge in [-0.15, -0.1) is 0 Å². The van der Waals surface area contributed by atoms with E-state index in [0.717, 1.165) is 6.07 Å². The van der Waals surface area contributed by atoms with Crippen molar-refractivity contribution in [1.29, 1.82) is 0 Å². The quantitative estimate of drug-likeness (QED) is 0.366. The highest BCUT2D eigenvalue weighted by molar-refractivity contribution is 5.91. The molecule has 0 bridgehead atoms. The second kappa shape index (κ2) is 9.77. The highest BCUT2D eigenvalue weighted by Crippen LogP contribution is 2.32. The number of nitrogens with one attached hydrogen (secondary N) is 3. The van der Waals surface area contributed by atoms with Gasteiger partial charge in [0.1, 0.15) is 17.4 Å². The smallest absolute Gasteiger partial charge is 0.417 e. The summed E-state index contributed by atoms with van der Waals surface area (Å²) in [6, 6.07) is 12.8. The van der Waals surface area contributed by atoms with Crippen molar-refractivity contribution in [2.45, 2.75) is 6.54 Å². The van der Waals surface area contributed by atoms with Crippen molar-refractivity contribution in [2.75, 3.05) is 10.6 Å². The molecular formula is C25H17F2N5O5. The summed E-state index contributed by atoms with van der Waals surface area (Å²) in [6.45, 7) is 0.153. The molecule has 0 unspecified atom stereocenters. The molecule has 2 aromatic heterocycles. The highest BCUT2D eigenvalue weighted by atomic mass is 19.1. The van der Waals surface area contributed by atoms with Crippen molar-refractivity contribution in [1.82, 2.24) is 14.9 Å². The van der Waals surface area contributed by atoms with Crippen molar-refractivity contribution in [3.63, 3.8) is 0 Å².